The lowest BCUT2D eigenvalue weighted by Gasteiger charge is -2.18. The minimum Gasteiger partial charge on any atom is -0.456 e. The Labute approximate surface area is 185 Å². The van der Waals surface area contributed by atoms with Crippen LogP contribution in [-0.4, -0.2) is 15.5 Å². The van der Waals surface area contributed by atoms with E-state index in [-0.39, 0.29) is 11.5 Å². The summed E-state index contributed by atoms with van der Waals surface area (Å²) in [6.45, 7) is 7.50. The van der Waals surface area contributed by atoms with Gasteiger partial charge >= 0.3 is 0 Å². The van der Waals surface area contributed by atoms with Gasteiger partial charge in [0.2, 0.25) is 5.91 Å². The molecule has 0 aliphatic heterocycles. The molecule has 0 spiro atoms. The molecule has 160 valence electrons. The first-order valence-electron chi connectivity index (χ1n) is 10.1. The number of carbonyl (C=O) groups is 1. The van der Waals surface area contributed by atoms with Gasteiger partial charge in [-0.05, 0) is 60.7 Å². The molecule has 0 atom stereocenters. The van der Waals surface area contributed by atoms with E-state index in [4.69, 9.17) is 4.74 Å². The van der Waals surface area contributed by atoms with Gasteiger partial charge in [-0.25, -0.2) is 0 Å². The summed E-state index contributed by atoms with van der Waals surface area (Å²) in [4.78, 5) is 28.7. The van der Waals surface area contributed by atoms with Gasteiger partial charge in [-0.3, -0.25) is 14.6 Å². The molecular formula is C26H23N3O3. The standard InChI is InChI=1S/C26H23N3O3/c1-5-24(30)28-18-9-10-23(32-25-16(2)7-6-8-17(25)3)20(13-18)22-15-29(4)26(31)21-14-27-12-11-19(21)22/h5-15H,1H2,2-4H3,(H,28,30). The molecule has 1 amide bonds. The number of rotatable bonds is 5. The molecule has 1 N–H and O–H groups in total. The minimum absolute atomic E-state index is 0.134. The van der Waals surface area contributed by atoms with Crippen molar-refractivity contribution in [3.63, 3.8) is 0 Å². The van der Waals surface area contributed by atoms with Gasteiger partial charge in [0.15, 0.2) is 0 Å². The van der Waals surface area contributed by atoms with Crippen molar-refractivity contribution in [2.75, 3.05) is 5.32 Å². The molecule has 0 saturated heterocycles. The van der Waals surface area contributed by atoms with Gasteiger partial charge in [-0.2, -0.15) is 0 Å². The number of carbonyl (C=O) groups excluding carboxylic acids is 1. The molecule has 0 radical (unpaired) electrons. The first-order valence-corrected chi connectivity index (χ1v) is 10.1. The fraction of sp³-hybridized carbons (Fsp3) is 0.115. The van der Waals surface area contributed by atoms with Gasteiger partial charge in [0.25, 0.3) is 5.56 Å². The van der Waals surface area contributed by atoms with Crippen LogP contribution in [0.3, 0.4) is 0 Å². The first-order chi connectivity index (χ1) is 15.4. The molecule has 6 nitrogen and oxygen atoms in total. The molecule has 0 aliphatic carbocycles. The smallest absolute Gasteiger partial charge is 0.259 e. The van der Waals surface area contributed by atoms with Gasteiger partial charge in [0.1, 0.15) is 11.5 Å². The second-order valence-electron chi connectivity index (χ2n) is 7.61. The van der Waals surface area contributed by atoms with Crippen LogP contribution in [0, 0.1) is 13.8 Å². The normalized spacial score (nSPS) is 10.7. The molecular weight excluding hydrogens is 402 g/mol. The van der Waals surface area contributed by atoms with Crippen molar-refractivity contribution in [2.45, 2.75) is 13.8 Å². The number of hydrogen-bond acceptors (Lipinski definition) is 4. The molecule has 2 aromatic carbocycles. The first kappa shape index (κ1) is 21.1. The molecule has 0 fully saturated rings. The summed E-state index contributed by atoms with van der Waals surface area (Å²) < 4.78 is 7.92. The van der Waals surface area contributed by atoms with Crippen molar-refractivity contribution in [2.24, 2.45) is 7.05 Å². The topological polar surface area (TPSA) is 73.2 Å². The molecule has 6 heteroatoms. The lowest BCUT2D eigenvalue weighted by Crippen LogP contribution is -2.16. The third kappa shape index (κ3) is 3.90. The van der Waals surface area contributed by atoms with Crippen molar-refractivity contribution in [3.8, 4) is 22.6 Å². The number of aryl methyl sites for hydroxylation is 3. The van der Waals surface area contributed by atoms with Gasteiger partial charge in [0, 0.05) is 42.5 Å². The van der Waals surface area contributed by atoms with E-state index in [0.29, 0.717) is 16.8 Å². The van der Waals surface area contributed by atoms with E-state index >= 15 is 0 Å². The van der Waals surface area contributed by atoms with Crippen molar-refractivity contribution in [3.05, 3.63) is 95.2 Å². The molecule has 0 unspecified atom stereocenters. The van der Waals surface area contributed by atoms with E-state index < -0.39 is 0 Å². The Hall–Kier alpha value is -4.19. The number of hydrogen-bond donors (Lipinski definition) is 1. The Balaban J connectivity index is 1.97. The molecule has 0 bridgehead atoms. The average molecular weight is 425 g/mol. The Kier molecular flexibility index (Phi) is 5.60. The summed E-state index contributed by atoms with van der Waals surface area (Å²) in [7, 11) is 1.70. The highest BCUT2D eigenvalue weighted by Gasteiger charge is 2.16. The van der Waals surface area contributed by atoms with E-state index in [1.54, 1.807) is 31.7 Å². The molecule has 4 rings (SSSR count). The molecule has 4 aromatic rings. The van der Waals surface area contributed by atoms with Crippen LogP contribution in [0.25, 0.3) is 21.9 Å². The van der Waals surface area contributed by atoms with Crippen LogP contribution >= 0.6 is 0 Å². The monoisotopic (exact) mass is 425 g/mol. The zero-order valence-corrected chi connectivity index (χ0v) is 18.2. The largest absolute Gasteiger partial charge is 0.456 e. The van der Waals surface area contributed by atoms with E-state index in [1.807, 2.05) is 50.2 Å². The number of nitrogens with one attached hydrogen (secondary N) is 1. The number of anilines is 1. The van der Waals surface area contributed by atoms with Crippen LogP contribution in [-0.2, 0) is 11.8 Å². The van der Waals surface area contributed by atoms with Crippen LogP contribution < -0.4 is 15.6 Å². The fourth-order valence-corrected chi connectivity index (χ4v) is 3.70. The highest BCUT2D eigenvalue weighted by Crippen LogP contribution is 2.39. The van der Waals surface area contributed by atoms with Gasteiger partial charge in [-0.1, -0.05) is 24.8 Å². The number of aromatic nitrogens is 2. The molecule has 0 saturated carbocycles. The predicted octanol–water partition coefficient (Wildman–Crippen LogP) is 5.13. The van der Waals surface area contributed by atoms with Gasteiger partial charge < -0.3 is 14.6 Å². The van der Waals surface area contributed by atoms with E-state index in [1.165, 1.54) is 10.6 Å². The lowest BCUT2D eigenvalue weighted by molar-refractivity contribution is -0.111. The van der Waals surface area contributed by atoms with Crippen LogP contribution in [0.1, 0.15) is 11.1 Å². The summed E-state index contributed by atoms with van der Waals surface area (Å²) in [6, 6.07) is 13.2. The van der Waals surface area contributed by atoms with Crippen molar-refractivity contribution in [1.29, 1.82) is 0 Å². The number of ether oxygens (including phenoxy) is 1. The summed E-state index contributed by atoms with van der Waals surface area (Å²) in [6.07, 6.45) is 6.21. The number of nitrogens with zero attached hydrogens (tertiary/aromatic N) is 2. The van der Waals surface area contributed by atoms with Crippen LogP contribution in [0.5, 0.6) is 11.5 Å². The lowest BCUT2D eigenvalue weighted by atomic mass is 10.00. The Morgan fingerprint density at radius 1 is 1.09 bits per heavy atom. The number of para-hydroxylation sites is 1. The maximum Gasteiger partial charge on any atom is 0.259 e. The van der Waals surface area contributed by atoms with Crippen LogP contribution in [0.2, 0.25) is 0 Å². The maximum atomic E-state index is 12.7. The van der Waals surface area contributed by atoms with Crippen molar-refractivity contribution in [1.82, 2.24) is 9.55 Å². The predicted molar refractivity (Wildman–Crippen MR) is 127 cm³/mol. The number of pyridine rings is 2. The number of amides is 1. The summed E-state index contributed by atoms with van der Waals surface area (Å²) >= 11 is 0. The third-order valence-electron chi connectivity index (χ3n) is 5.33. The highest BCUT2D eigenvalue weighted by atomic mass is 16.5. The Morgan fingerprint density at radius 2 is 1.84 bits per heavy atom. The van der Waals surface area contributed by atoms with Gasteiger partial charge in [-0.15, -0.1) is 0 Å². The van der Waals surface area contributed by atoms with Gasteiger partial charge in [0.05, 0.1) is 5.39 Å². The Morgan fingerprint density at radius 3 is 2.56 bits per heavy atom. The zero-order valence-electron chi connectivity index (χ0n) is 18.2. The van der Waals surface area contributed by atoms with Crippen molar-refractivity contribution < 1.29 is 9.53 Å². The third-order valence-corrected chi connectivity index (χ3v) is 5.33. The summed E-state index contributed by atoms with van der Waals surface area (Å²) in [5.41, 5.74) is 4.01. The van der Waals surface area contributed by atoms with E-state index in [2.05, 4.69) is 16.9 Å². The Bertz CT molecular complexity index is 1400. The SMILES string of the molecule is C=CC(=O)Nc1ccc(Oc2c(C)cccc2C)c(-c2cn(C)c(=O)c3cnccc23)c1. The number of benzene rings is 2. The zero-order chi connectivity index (χ0) is 22.8. The quantitative estimate of drug-likeness (QED) is 0.450. The van der Waals surface area contributed by atoms with Crippen LogP contribution in [0.4, 0.5) is 5.69 Å². The minimum atomic E-state index is -0.311. The fourth-order valence-electron chi connectivity index (χ4n) is 3.70. The second-order valence-corrected chi connectivity index (χ2v) is 7.61. The summed E-state index contributed by atoms with van der Waals surface area (Å²) in [5.74, 6) is 1.07. The van der Waals surface area contributed by atoms with E-state index in [0.717, 1.165) is 33.4 Å². The van der Waals surface area contributed by atoms with Crippen molar-refractivity contribution >= 4 is 22.4 Å². The molecule has 0 aliphatic rings. The summed E-state index contributed by atoms with van der Waals surface area (Å²) in [5, 5.41) is 4.05. The van der Waals surface area contributed by atoms with E-state index in [9.17, 15) is 9.59 Å². The highest BCUT2D eigenvalue weighted by molar-refractivity contribution is 6.01. The maximum absolute atomic E-state index is 12.7. The average Bonchev–Trinajstić information content (AvgIpc) is 2.79. The molecule has 2 heterocycles. The second kappa shape index (κ2) is 8.51. The number of fused-ring (bicyclic) bond motifs is 1. The van der Waals surface area contributed by atoms with Crippen LogP contribution in [0.15, 0.2) is 78.5 Å². The molecule has 2 aromatic heterocycles. The molecule has 32 heavy (non-hydrogen) atoms.